The number of methoxy groups -OCH3 is 1. The molecule has 0 aromatic carbocycles. The third-order valence-corrected chi connectivity index (χ3v) is 3.45. The highest BCUT2D eigenvalue weighted by Gasteiger charge is 1.97. The summed E-state index contributed by atoms with van der Waals surface area (Å²) in [5, 5.41) is 3.30. The zero-order valence-corrected chi connectivity index (χ0v) is 9.71. The van der Waals surface area contributed by atoms with Gasteiger partial charge in [-0.2, -0.15) is 11.8 Å². The SMILES string of the molecule is COCCCSCc1csc(C)n1. The Morgan fingerprint density at radius 1 is 1.62 bits per heavy atom. The first kappa shape index (κ1) is 11.0. The van der Waals surface area contributed by atoms with Crippen molar-refractivity contribution in [2.75, 3.05) is 19.5 Å². The van der Waals surface area contributed by atoms with E-state index in [2.05, 4.69) is 10.4 Å². The van der Waals surface area contributed by atoms with Gasteiger partial charge in [-0.3, -0.25) is 0 Å². The van der Waals surface area contributed by atoms with Crippen LogP contribution >= 0.6 is 23.1 Å². The van der Waals surface area contributed by atoms with Gasteiger partial charge in [-0.05, 0) is 19.1 Å². The van der Waals surface area contributed by atoms with E-state index in [1.54, 1.807) is 18.4 Å². The van der Waals surface area contributed by atoms with Crippen molar-refractivity contribution in [2.45, 2.75) is 19.1 Å². The standard InChI is InChI=1S/C9H15NOS2/c1-8-10-9(7-13-8)6-12-5-3-4-11-2/h7H,3-6H2,1-2H3. The monoisotopic (exact) mass is 217 g/mol. The van der Waals surface area contributed by atoms with Gasteiger partial charge >= 0.3 is 0 Å². The number of aryl methyl sites for hydroxylation is 1. The van der Waals surface area contributed by atoms with Gasteiger partial charge in [0.1, 0.15) is 0 Å². The second-order valence-electron chi connectivity index (χ2n) is 2.76. The minimum atomic E-state index is 0.864. The van der Waals surface area contributed by atoms with Crippen LogP contribution in [-0.2, 0) is 10.5 Å². The molecule has 0 saturated heterocycles. The maximum atomic E-state index is 4.97. The number of thioether (sulfide) groups is 1. The van der Waals surface area contributed by atoms with Crippen molar-refractivity contribution in [3.63, 3.8) is 0 Å². The fraction of sp³-hybridized carbons (Fsp3) is 0.667. The first-order chi connectivity index (χ1) is 6.33. The van der Waals surface area contributed by atoms with Crippen LogP contribution in [-0.4, -0.2) is 24.5 Å². The van der Waals surface area contributed by atoms with Crippen molar-refractivity contribution < 1.29 is 4.74 Å². The smallest absolute Gasteiger partial charge is 0.0897 e. The Morgan fingerprint density at radius 2 is 2.46 bits per heavy atom. The third-order valence-electron chi connectivity index (χ3n) is 1.55. The summed E-state index contributed by atoms with van der Waals surface area (Å²) in [6.07, 6.45) is 1.13. The van der Waals surface area contributed by atoms with Crippen LogP contribution in [0.15, 0.2) is 5.38 Å². The highest BCUT2D eigenvalue weighted by atomic mass is 32.2. The van der Waals surface area contributed by atoms with E-state index in [9.17, 15) is 0 Å². The molecule has 0 aliphatic rings. The summed E-state index contributed by atoms with van der Waals surface area (Å²) in [4.78, 5) is 4.39. The molecule has 0 amide bonds. The number of hydrogen-bond donors (Lipinski definition) is 0. The normalized spacial score (nSPS) is 10.6. The maximum absolute atomic E-state index is 4.97. The predicted octanol–water partition coefficient (Wildman–Crippen LogP) is 2.72. The zero-order valence-electron chi connectivity index (χ0n) is 8.08. The molecule has 74 valence electrons. The lowest BCUT2D eigenvalue weighted by molar-refractivity contribution is 0.200. The summed E-state index contributed by atoms with van der Waals surface area (Å²) in [7, 11) is 1.74. The zero-order chi connectivity index (χ0) is 9.52. The number of ether oxygens (including phenoxy) is 1. The summed E-state index contributed by atoms with van der Waals surface area (Å²) in [5.41, 5.74) is 1.21. The largest absolute Gasteiger partial charge is 0.385 e. The first-order valence-corrected chi connectivity index (χ1v) is 6.34. The third kappa shape index (κ3) is 4.64. The molecule has 4 heteroatoms. The van der Waals surface area contributed by atoms with Crippen LogP contribution in [0.1, 0.15) is 17.1 Å². The Labute approximate surface area is 87.7 Å². The van der Waals surface area contributed by atoms with Crippen LogP contribution < -0.4 is 0 Å². The van der Waals surface area contributed by atoms with Gasteiger partial charge in [-0.25, -0.2) is 4.98 Å². The Kier molecular flexibility index (Phi) is 5.43. The predicted molar refractivity (Wildman–Crippen MR) is 59.5 cm³/mol. The van der Waals surface area contributed by atoms with E-state index in [4.69, 9.17) is 4.74 Å². The molecule has 1 aromatic rings. The van der Waals surface area contributed by atoms with Crippen molar-refractivity contribution in [1.29, 1.82) is 0 Å². The molecular weight excluding hydrogens is 202 g/mol. The summed E-state index contributed by atoms with van der Waals surface area (Å²) in [6, 6.07) is 0. The Balaban J connectivity index is 2.06. The number of hydrogen-bond acceptors (Lipinski definition) is 4. The van der Waals surface area contributed by atoms with Gasteiger partial charge in [0.2, 0.25) is 0 Å². The van der Waals surface area contributed by atoms with Gasteiger partial charge in [0.15, 0.2) is 0 Å². The van der Waals surface area contributed by atoms with Gasteiger partial charge in [0.05, 0.1) is 10.7 Å². The molecule has 13 heavy (non-hydrogen) atoms. The molecule has 0 aliphatic carbocycles. The van der Waals surface area contributed by atoms with Crippen molar-refractivity contribution >= 4 is 23.1 Å². The molecule has 1 rings (SSSR count). The molecule has 0 bridgehead atoms. The molecule has 0 fully saturated rings. The van der Waals surface area contributed by atoms with Crippen molar-refractivity contribution in [2.24, 2.45) is 0 Å². The molecular formula is C9H15NOS2. The van der Waals surface area contributed by atoms with Crippen LogP contribution in [0.5, 0.6) is 0 Å². The second kappa shape index (κ2) is 6.40. The lowest BCUT2D eigenvalue weighted by Crippen LogP contribution is -1.91. The van der Waals surface area contributed by atoms with Crippen LogP contribution in [0.2, 0.25) is 0 Å². The molecule has 0 aliphatic heterocycles. The van der Waals surface area contributed by atoms with Gasteiger partial charge in [-0.1, -0.05) is 0 Å². The lowest BCUT2D eigenvalue weighted by Gasteiger charge is -1.98. The van der Waals surface area contributed by atoms with E-state index >= 15 is 0 Å². The van der Waals surface area contributed by atoms with E-state index in [1.165, 1.54) is 5.69 Å². The molecule has 0 saturated carbocycles. The van der Waals surface area contributed by atoms with Crippen LogP contribution in [0.25, 0.3) is 0 Å². The highest BCUT2D eigenvalue weighted by molar-refractivity contribution is 7.98. The molecule has 0 spiro atoms. The average Bonchev–Trinajstić information content (AvgIpc) is 2.51. The number of rotatable bonds is 6. The van der Waals surface area contributed by atoms with Gasteiger partial charge < -0.3 is 4.74 Å². The topological polar surface area (TPSA) is 22.1 Å². The Hall–Kier alpha value is -0.0600. The van der Waals surface area contributed by atoms with Gasteiger partial charge in [0, 0.05) is 24.8 Å². The number of thiazole rings is 1. The van der Waals surface area contributed by atoms with E-state index in [0.29, 0.717) is 0 Å². The Bertz CT molecular complexity index is 237. The first-order valence-electron chi connectivity index (χ1n) is 4.30. The average molecular weight is 217 g/mol. The molecule has 0 radical (unpaired) electrons. The summed E-state index contributed by atoms with van der Waals surface area (Å²) >= 11 is 3.65. The second-order valence-corrected chi connectivity index (χ2v) is 4.92. The lowest BCUT2D eigenvalue weighted by atomic mass is 10.5. The quantitative estimate of drug-likeness (QED) is 0.684. The number of nitrogens with zero attached hydrogens (tertiary/aromatic N) is 1. The van der Waals surface area contributed by atoms with Crippen molar-refractivity contribution in [3.05, 3.63) is 16.1 Å². The summed E-state index contributed by atoms with van der Waals surface area (Å²) in [5.74, 6) is 2.19. The van der Waals surface area contributed by atoms with Gasteiger partial charge in [0.25, 0.3) is 0 Å². The minimum Gasteiger partial charge on any atom is -0.385 e. The maximum Gasteiger partial charge on any atom is 0.0897 e. The molecule has 0 atom stereocenters. The van der Waals surface area contributed by atoms with Gasteiger partial charge in [-0.15, -0.1) is 11.3 Å². The fourth-order valence-corrected chi connectivity index (χ4v) is 2.50. The molecule has 0 N–H and O–H groups in total. The van der Waals surface area contributed by atoms with Crippen molar-refractivity contribution in [1.82, 2.24) is 4.98 Å². The molecule has 2 nitrogen and oxygen atoms in total. The van der Waals surface area contributed by atoms with Crippen LogP contribution in [0.3, 0.4) is 0 Å². The van der Waals surface area contributed by atoms with E-state index in [-0.39, 0.29) is 0 Å². The van der Waals surface area contributed by atoms with Crippen LogP contribution in [0, 0.1) is 6.92 Å². The van der Waals surface area contributed by atoms with E-state index in [0.717, 1.165) is 29.5 Å². The molecule has 0 unspecified atom stereocenters. The molecule has 1 heterocycles. The summed E-state index contributed by atoms with van der Waals surface area (Å²) in [6.45, 7) is 2.91. The molecule has 1 aromatic heterocycles. The Morgan fingerprint density at radius 3 is 3.08 bits per heavy atom. The van der Waals surface area contributed by atoms with E-state index in [1.807, 2.05) is 18.7 Å². The minimum absolute atomic E-state index is 0.864. The van der Waals surface area contributed by atoms with Crippen LogP contribution in [0.4, 0.5) is 0 Å². The summed E-state index contributed by atoms with van der Waals surface area (Å²) < 4.78 is 4.97. The van der Waals surface area contributed by atoms with E-state index < -0.39 is 0 Å². The fourth-order valence-electron chi connectivity index (χ4n) is 0.957. The number of aromatic nitrogens is 1. The van der Waals surface area contributed by atoms with Crippen molar-refractivity contribution in [3.8, 4) is 0 Å². The highest BCUT2D eigenvalue weighted by Crippen LogP contribution is 2.15.